The van der Waals surface area contributed by atoms with Crippen LogP contribution in [0.5, 0.6) is 0 Å². The summed E-state index contributed by atoms with van der Waals surface area (Å²) in [5.41, 5.74) is 0. The fourth-order valence-corrected chi connectivity index (χ4v) is 0.532. The lowest BCUT2D eigenvalue weighted by Crippen LogP contribution is -2.23. The molecule has 0 radical (unpaired) electrons. The highest BCUT2D eigenvalue weighted by Crippen LogP contribution is 1.93. The van der Waals surface area contributed by atoms with Crippen molar-refractivity contribution in [1.82, 2.24) is 0 Å². The number of hydrogen-bond acceptors (Lipinski definition) is 4. The predicted octanol–water partition coefficient (Wildman–Crippen LogP) is 0.0923. The van der Waals surface area contributed by atoms with Crippen LogP contribution in [0.3, 0.4) is 0 Å². The van der Waals surface area contributed by atoms with Crippen molar-refractivity contribution in [3.8, 4) is 0 Å². The smallest absolute Gasteiger partial charge is 0.235 e. The molecule has 0 aliphatic heterocycles. The van der Waals surface area contributed by atoms with Crippen LogP contribution in [0.4, 0.5) is 0 Å². The maximum Gasteiger partial charge on any atom is 0.235 e. The molecule has 0 spiro atoms. The summed E-state index contributed by atoms with van der Waals surface area (Å²) >= 11 is 0. The Balaban J connectivity index is 4.04. The largest absolute Gasteiger partial charge is 0.371 e. The average molecular weight is 155 g/mol. The van der Waals surface area contributed by atoms with Crippen LogP contribution < -0.4 is 0 Å². The van der Waals surface area contributed by atoms with Crippen molar-refractivity contribution in [3.63, 3.8) is 0 Å². The molecule has 0 aromatic carbocycles. The van der Waals surface area contributed by atoms with Gasteiger partial charge in [-0.2, -0.15) is 0 Å². The number of hydrogen-bond donors (Lipinski definition) is 0. The predicted molar refractivity (Wildman–Crippen MR) is 39.0 cm³/mol. The van der Waals surface area contributed by atoms with Crippen molar-refractivity contribution in [1.29, 1.82) is 0 Å². The van der Waals surface area contributed by atoms with Gasteiger partial charge in [-0.15, -0.1) is 0 Å². The summed E-state index contributed by atoms with van der Waals surface area (Å²) in [7, 11) is 1.37. The van der Waals surface area contributed by atoms with Gasteiger partial charge in [-0.05, 0) is 6.08 Å². The quantitative estimate of drug-likeness (QED) is 0.321. The van der Waals surface area contributed by atoms with E-state index in [2.05, 4.69) is 11.6 Å². The Morgan fingerprint density at radius 3 is 2.91 bits per heavy atom. The zero-order valence-electron chi connectivity index (χ0n) is 6.24. The molecule has 1 atom stereocenters. The number of carbonyl (C=O) groups is 1. The SMILES string of the molecule is C=CC(=O)C(CN=C=O)OC. The first-order chi connectivity index (χ1) is 5.26. The minimum atomic E-state index is -0.700. The van der Waals surface area contributed by atoms with E-state index in [1.165, 1.54) is 13.2 Å². The van der Waals surface area contributed by atoms with Gasteiger partial charge in [-0.25, -0.2) is 9.79 Å². The van der Waals surface area contributed by atoms with Crippen molar-refractivity contribution in [2.45, 2.75) is 6.10 Å². The third kappa shape index (κ3) is 3.45. The lowest BCUT2D eigenvalue weighted by Gasteiger charge is -2.06. The molecule has 4 heteroatoms. The van der Waals surface area contributed by atoms with Gasteiger partial charge in [0.15, 0.2) is 5.78 Å². The van der Waals surface area contributed by atoms with Gasteiger partial charge >= 0.3 is 0 Å². The fourth-order valence-electron chi connectivity index (χ4n) is 0.532. The molecular weight excluding hydrogens is 146 g/mol. The maximum atomic E-state index is 10.8. The number of methoxy groups -OCH3 is 1. The highest BCUT2D eigenvalue weighted by molar-refractivity contribution is 5.93. The normalized spacial score (nSPS) is 11.4. The van der Waals surface area contributed by atoms with Crippen molar-refractivity contribution >= 4 is 11.9 Å². The van der Waals surface area contributed by atoms with E-state index in [1.807, 2.05) is 0 Å². The summed E-state index contributed by atoms with van der Waals surface area (Å²) < 4.78 is 4.71. The molecule has 0 aromatic rings. The maximum absolute atomic E-state index is 10.8. The molecule has 0 saturated carbocycles. The number of aliphatic imine (C=N–C) groups is 1. The molecule has 4 nitrogen and oxygen atoms in total. The van der Waals surface area contributed by atoms with Crippen LogP contribution in [0, 0.1) is 0 Å². The average Bonchev–Trinajstić information content (AvgIpc) is 2.05. The third-order valence-electron chi connectivity index (χ3n) is 1.12. The van der Waals surface area contributed by atoms with Gasteiger partial charge in [-0.1, -0.05) is 6.58 Å². The van der Waals surface area contributed by atoms with Crippen LogP contribution in [-0.4, -0.2) is 31.6 Å². The molecule has 11 heavy (non-hydrogen) atoms. The number of nitrogens with zero attached hydrogens (tertiary/aromatic N) is 1. The van der Waals surface area contributed by atoms with Crippen LogP contribution >= 0.6 is 0 Å². The summed E-state index contributed by atoms with van der Waals surface area (Å²) in [4.78, 5) is 23.7. The number of isocyanates is 1. The van der Waals surface area contributed by atoms with Crippen molar-refractivity contribution in [2.75, 3.05) is 13.7 Å². The first-order valence-electron chi connectivity index (χ1n) is 2.99. The summed E-state index contributed by atoms with van der Waals surface area (Å²) in [6.07, 6.45) is 1.75. The molecule has 60 valence electrons. The zero-order valence-corrected chi connectivity index (χ0v) is 6.24. The molecule has 0 aliphatic rings. The topological polar surface area (TPSA) is 55.7 Å². The Morgan fingerprint density at radius 2 is 2.55 bits per heavy atom. The van der Waals surface area contributed by atoms with Crippen molar-refractivity contribution in [3.05, 3.63) is 12.7 Å². The van der Waals surface area contributed by atoms with Gasteiger partial charge in [0.1, 0.15) is 6.10 Å². The van der Waals surface area contributed by atoms with Crippen LogP contribution in [0.25, 0.3) is 0 Å². The second kappa shape index (κ2) is 5.53. The minimum Gasteiger partial charge on any atom is -0.371 e. The Hall–Kier alpha value is -1.25. The second-order valence-electron chi connectivity index (χ2n) is 1.76. The van der Waals surface area contributed by atoms with E-state index in [0.717, 1.165) is 6.08 Å². The lowest BCUT2D eigenvalue weighted by atomic mass is 10.2. The Kier molecular flexibility index (Phi) is 4.90. The highest BCUT2D eigenvalue weighted by atomic mass is 16.5. The molecule has 0 bridgehead atoms. The first-order valence-corrected chi connectivity index (χ1v) is 2.99. The summed E-state index contributed by atoms with van der Waals surface area (Å²) in [5.74, 6) is -0.286. The molecule has 0 rings (SSSR count). The highest BCUT2D eigenvalue weighted by Gasteiger charge is 2.12. The third-order valence-corrected chi connectivity index (χ3v) is 1.12. The molecule has 0 aliphatic carbocycles. The number of ether oxygens (including phenoxy) is 1. The standard InChI is InChI=1S/C7H9NO3/c1-3-6(10)7(11-2)4-8-5-9/h3,7H,1,4H2,2H3. The van der Waals surface area contributed by atoms with Gasteiger partial charge < -0.3 is 4.74 Å². The van der Waals surface area contributed by atoms with Gasteiger partial charge in [0, 0.05) is 7.11 Å². The minimum absolute atomic E-state index is 0.00481. The van der Waals surface area contributed by atoms with Gasteiger partial charge in [0.25, 0.3) is 0 Å². The van der Waals surface area contributed by atoms with Crippen LogP contribution in [-0.2, 0) is 14.3 Å². The van der Waals surface area contributed by atoms with E-state index in [-0.39, 0.29) is 12.3 Å². The number of rotatable bonds is 5. The zero-order chi connectivity index (χ0) is 8.69. The molecule has 1 unspecified atom stereocenters. The molecule has 0 heterocycles. The van der Waals surface area contributed by atoms with Gasteiger partial charge in [0.05, 0.1) is 6.54 Å². The molecule has 0 aromatic heterocycles. The molecule has 0 amide bonds. The van der Waals surface area contributed by atoms with E-state index in [1.54, 1.807) is 0 Å². The first kappa shape index (κ1) is 9.75. The van der Waals surface area contributed by atoms with Crippen molar-refractivity contribution in [2.24, 2.45) is 4.99 Å². The number of carbonyl (C=O) groups excluding carboxylic acids is 2. The van der Waals surface area contributed by atoms with E-state index >= 15 is 0 Å². The molecular formula is C7H9NO3. The van der Waals surface area contributed by atoms with Crippen LogP contribution in [0.1, 0.15) is 0 Å². The van der Waals surface area contributed by atoms with Crippen LogP contribution in [0.15, 0.2) is 17.6 Å². The van der Waals surface area contributed by atoms with E-state index in [9.17, 15) is 9.59 Å². The summed E-state index contributed by atoms with van der Waals surface area (Å²) in [5, 5.41) is 0. The summed E-state index contributed by atoms with van der Waals surface area (Å²) in [6, 6.07) is 0. The Bertz CT molecular complexity index is 194. The van der Waals surface area contributed by atoms with Crippen LogP contribution in [0.2, 0.25) is 0 Å². The van der Waals surface area contributed by atoms with E-state index in [4.69, 9.17) is 4.74 Å². The molecule has 0 saturated heterocycles. The molecule has 0 N–H and O–H groups in total. The van der Waals surface area contributed by atoms with E-state index < -0.39 is 6.10 Å². The van der Waals surface area contributed by atoms with Gasteiger partial charge in [-0.3, -0.25) is 4.79 Å². The fraction of sp³-hybridized carbons (Fsp3) is 0.429. The Labute approximate surface area is 64.6 Å². The lowest BCUT2D eigenvalue weighted by molar-refractivity contribution is -0.123. The van der Waals surface area contributed by atoms with Gasteiger partial charge in [0.2, 0.25) is 6.08 Å². The number of ketones is 1. The molecule has 0 fully saturated rings. The summed E-state index contributed by atoms with van der Waals surface area (Å²) in [6.45, 7) is 3.27. The second-order valence-corrected chi connectivity index (χ2v) is 1.76. The monoisotopic (exact) mass is 155 g/mol. The van der Waals surface area contributed by atoms with Crippen molar-refractivity contribution < 1.29 is 14.3 Å². The Morgan fingerprint density at radius 1 is 1.91 bits per heavy atom. The van der Waals surface area contributed by atoms with E-state index in [0.29, 0.717) is 0 Å².